The Morgan fingerprint density at radius 3 is 2.62 bits per heavy atom. The molecule has 1 aliphatic heterocycles. The Hall–Kier alpha value is -1.10. The van der Waals surface area contributed by atoms with Crippen molar-refractivity contribution in [2.75, 3.05) is 13.1 Å². The normalized spacial score (nSPS) is 21.2. The van der Waals surface area contributed by atoms with Crippen LogP contribution in [0.3, 0.4) is 0 Å². The van der Waals surface area contributed by atoms with E-state index in [0.29, 0.717) is 19.5 Å². The molecule has 1 aliphatic rings. The van der Waals surface area contributed by atoms with Crippen molar-refractivity contribution < 1.29 is 14.7 Å². The van der Waals surface area contributed by atoms with E-state index in [4.69, 9.17) is 5.11 Å². The van der Waals surface area contributed by atoms with Crippen LogP contribution in [0.25, 0.3) is 0 Å². The zero-order valence-corrected chi connectivity index (χ0v) is 10.1. The molecule has 1 rings (SSSR count). The summed E-state index contributed by atoms with van der Waals surface area (Å²) in [4.78, 5) is 24.6. The fourth-order valence-electron chi connectivity index (χ4n) is 2.14. The second kappa shape index (κ2) is 4.82. The summed E-state index contributed by atoms with van der Waals surface area (Å²) in [6.45, 7) is 6.73. The van der Waals surface area contributed by atoms with Crippen molar-refractivity contribution in [1.82, 2.24) is 10.2 Å². The van der Waals surface area contributed by atoms with Gasteiger partial charge in [-0.15, -0.1) is 0 Å². The van der Waals surface area contributed by atoms with E-state index >= 15 is 0 Å². The predicted octanol–water partition coefficient (Wildman–Crippen LogP) is 0.450. The van der Waals surface area contributed by atoms with Gasteiger partial charge in [-0.3, -0.25) is 4.79 Å². The van der Waals surface area contributed by atoms with Gasteiger partial charge in [0.05, 0.1) is 5.54 Å². The van der Waals surface area contributed by atoms with Gasteiger partial charge in [0.15, 0.2) is 0 Å². The molecule has 0 aromatic heterocycles. The summed E-state index contributed by atoms with van der Waals surface area (Å²) >= 11 is 0. The summed E-state index contributed by atoms with van der Waals surface area (Å²) in [7, 11) is 0. The van der Waals surface area contributed by atoms with Crippen LogP contribution in [0.5, 0.6) is 0 Å². The SMILES string of the molecule is CCNC(C)(C)C(=O)N1CCC[C@H]1C(=O)O. The Labute approximate surface area is 95.8 Å². The van der Waals surface area contributed by atoms with Crippen LogP contribution >= 0.6 is 0 Å². The number of hydrogen-bond acceptors (Lipinski definition) is 3. The monoisotopic (exact) mass is 228 g/mol. The number of amides is 1. The lowest BCUT2D eigenvalue weighted by Gasteiger charge is -2.32. The molecule has 1 atom stereocenters. The molecule has 0 spiro atoms. The van der Waals surface area contributed by atoms with Crippen molar-refractivity contribution >= 4 is 11.9 Å². The van der Waals surface area contributed by atoms with Gasteiger partial charge in [0.1, 0.15) is 6.04 Å². The van der Waals surface area contributed by atoms with E-state index in [1.807, 2.05) is 6.92 Å². The van der Waals surface area contributed by atoms with Crippen LogP contribution in [0.15, 0.2) is 0 Å². The van der Waals surface area contributed by atoms with E-state index in [-0.39, 0.29) is 5.91 Å². The number of likely N-dealkylation sites (N-methyl/N-ethyl adjacent to an activating group) is 1. The van der Waals surface area contributed by atoms with Crippen LogP contribution in [0.1, 0.15) is 33.6 Å². The predicted molar refractivity (Wildman–Crippen MR) is 60.1 cm³/mol. The third-order valence-corrected chi connectivity index (χ3v) is 2.95. The lowest BCUT2D eigenvalue weighted by molar-refractivity contribution is -0.150. The highest BCUT2D eigenvalue weighted by Gasteiger charge is 2.40. The van der Waals surface area contributed by atoms with Gasteiger partial charge >= 0.3 is 5.97 Å². The number of carbonyl (C=O) groups excluding carboxylic acids is 1. The van der Waals surface area contributed by atoms with Crippen LogP contribution in [-0.2, 0) is 9.59 Å². The summed E-state index contributed by atoms with van der Waals surface area (Å²) in [6, 6.07) is -0.648. The molecule has 16 heavy (non-hydrogen) atoms. The summed E-state index contributed by atoms with van der Waals surface area (Å²) in [5, 5.41) is 12.1. The van der Waals surface area contributed by atoms with Crippen LogP contribution in [0, 0.1) is 0 Å². The van der Waals surface area contributed by atoms with Crippen molar-refractivity contribution in [2.45, 2.75) is 45.2 Å². The summed E-state index contributed by atoms with van der Waals surface area (Å²) < 4.78 is 0. The summed E-state index contributed by atoms with van der Waals surface area (Å²) in [5.74, 6) is -1.03. The molecule has 0 aromatic rings. The average molecular weight is 228 g/mol. The minimum absolute atomic E-state index is 0.126. The van der Waals surface area contributed by atoms with E-state index in [2.05, 4.69) is 5.32 Å². The fourth-order valence-corrected chi connectivity index (χ4v) is 2.14. The molecule has 0 bridgehead atoms. The molecule has 5 heteroatoms. The molecule has 2 N–H and O–H groups in total. The van der Waals surface area contributed by atoms with E-state index in [1.54, 1.807) is 13.8 Å². The Kier molecular flexibility index (Phi) is 3.91. The number of hydrogen-bond donors (Lipinski definition) is 2. The fraction of sp³-hybridized carbons (Fsp3) is 0.818. The first kappa shape index (κ1) is 13.0. The van der Waals surface area contributed by atoms with Crippen LogP contribution in [-0.4, -0.2) is 46.6 Å². The van der Waals surface area contributed by atoms with Crippen LogP contribution in [0.2, 0.25) is 0 Å². The average Bonchev–Trinajstić information content (AvgIpc) is 2.64. The van der Waals surface area contributed by atoms with Gasteiger partial charge in [0, 0.05) is 6.54 Å². The Morgan fingerprint density at radius 1 is 1.50 bits per heavy atom. The van der Waals surface area contributed by atoms with Crippen molar-refractivity contribution in [1.29, 1.82) is 0 Å². The Morgan fingerprint density at radius 2 is 2.12 bits per heavy atom. The first-order valence-corrected chi connectivity index (χ1v) is 5.69. The zero-order chi connectivity index (χ0) is 12.3. The molecule has 92 valence electrons. The number of nitrogens with zero attached hydrogens (tertiary/aromatic N) is 1. The van der Waals surface area contributed by atoms with E-state index < -0.39 is 17.6 Å². The van der Waals surface area contributed by atoms with Crippen molar-refractivity contribution in [3.63, 3.8) is 0 Å². The second-order valence-electron chi connectivity index (χ2n) is 4.65. The molecular formula is C11H20N2O3. The van der Waals surface area contributed by atoms with Crippen molar-refractivity contribution in [3.05, 3.63) is 0 Å². The van der Waals surface area contributed by atoms with E-state index in [9.17, 15) is 9.59 Å². The largest absolute Gasteiger partial charge is 0.480 e. The highest BCUT2D eigenvalue weighted by atomic mass is 16.4. The zero-order valence-electron chi connectivity index (χ0n) is 10.1. The molecule has 0 radical (unpaired) electrons. The number of carbonyl (C=O) groups is 2. The van der Waals surface area contributed by atoms with Gasteiger partial charge in [0.2, 0.25) is 5.91 Å². The van der Waals surface area contributed by atoms with Gasteiger partial charge in [-0.05, 0) is 33.2 Å². The maximum absolute atomic E-state index is 12.2. The summed E-state index contributed by atoms with van der Waals surface area (Å²) in [5.41, 5.74) is -0.688. The Bertz CT molecular complexity index is 289. The standard InChI is InChI=1S/C11H20N2O3/c1-4-12-11(2,3)10(16)13-7-5-6-8(13)9(14)15/h8,12H,4-7H2,1-3H3,(H,14,15)/t8-/m0/s1. The molecule has 5 nitrogen and oxygen atoms in total. The molecule has 1 fully saturated rings. The maximum atomic E-state index is 12.2. The van der Waals surface area contributed by atoms with E-state index in [1.165, 1.54) is 4.90 Å². The third kappa shape index (κ3) is 2.52. The first-order valence-electron chi connectivity index (χ1n) is 5.69. The molecule has 0 unspecified atom stereocenters. The number of likely N-dealkylation sites (tertiary alicyclic amines) is 1. The summed E-state index contributed by atoms with van der Waals surface area (Å²) in [6.07, 6.45) is 1.33. The molecule has 0 aliphatic carbocycles. The smallest absolute Gasteiger partial charge is 0.326 e. The van der Waals surface area contributed by atoms with Gasteiger partial charge in [-0.2, -0.15) is 0 Å². The highest BCUT2D eigenvalue weighted by Crippen LogP contribution is 2.21. The molecular weight excluding hydrogens is 208 g/mol. The molecule has 1 saturated heterocycles. The highest BCUT2D eigenvalue weighted by molar-refractivity contribution is 5.90. The minimum Gasteiger partial charge on any atom is -0.480 e. The molecule has 1 amide bonds. The van der Waals surface area contributed by atoms with Gasteiger partial charge < -0.3 is 15.3 Å². The molecule has 0 aromatic carbocycles. The van der Waals surface area contributed by atoms with Crippen LogP contribution < -0.4 is 5.32 Å². The van der Waals surface area contributed by atoms with Crippen molar-refractivity contribution in [3.8, 4) is 0 Å². The molecule has 0 saturated carbocycles. The topological polar surface area (TPSA) is 69.6 Å². The lowest BCUT2D eigenvalue weighted by atomic mass is 10.0. The van der Waals surface area contributed by atoms with Crippen molar-refractivity contribution in [2.24, 2.45) is 0 Å². The van der Waals surface area contributed by atoms with E-state index in [0.717, 1.165) is 6.42 Å². The van der Waals surface area contributed by atoms with Gasteiger partial charge in [0.25, 0.3) is 0 Å². The molecule has 1 heterocycles. The maximum Gasteiger partial charge on any atom is 0.326 e. The Balaban J connectivity index is 2.76. The number of carboxylic acid groups (broad SMARTS) is 1. The first-order chi connectivity index (χ1) is 7.40. The van der Waals surface area contributed by atoms with Crippen LogP contribution in [0.4, 0.5) is 0 Å². The minimum atomic E-state index is -0.904. The number of carboxylic acids is 1. The number of rotatable bonds is 4. The quantitative estimate of drug-likeness (QED) is 0.733. The second-order valence-corrected chi connectivity index (χ2v) is 4.65. The number of aliphatic carboxylic acids is 1. The lowest BCUT2D eigenvalue weighted by Crippen LogP contribution is -2.56. The van der Waals surface area contributed by atoms with Gasteiger partial charge in [-0.1, -0.05) is 6.92 Å². The third-order valence-electron chi connectivity index (χ3n) is 2.95. The number of nitrogens with one attached hydrogen (secondary N) is 1. The van der Waals surface area contributed by atoms with Gasteiger partial charge in [-0.25, -0.2) is 4.79 Å².